The summed E-state index contributed by atoms with van der Waals surface area (Å²) in [7, 11) is 0. The molecule has 4 rings (SSSR count). The molecule has 210 valence electrons. The number of hydrogen-bond acceptors (Lipinski definition) is 9. The summed E-state index contributed by atoms with van der Waals surface area (Å²) >= 11 is 0. The Hall–Kier alpha value is -3.26. The van der Waals surface area contributed by atoms with Crippen LogP contribution in [0, 0.1) is 23.7 Å². The Morgan fingerprint density at radius 3 is 2.69 bits per heavy atom. The number of pyridine rings is 2. The van der Waals surface area contributed by atoms with Crippen LogP contribution in [0.3, 0.4) is 0 Å². The van der Waals surface area contributed by atoms with E-state index < -0.39 is 11.4 Å². The van der Waals surface area contributed by atoms with Crippen molar-refractivity contribution in [2.24, 2.45) is 5.41 Å². The van der Waals surface area contributed by atoms with Gasteiger partial charge >= 0.3 is 5.97 Å². The van der Waals surface area contributed by atoms with Gasteiger partial charge in [0.15, 0.2) is 0 Å². The topological polar surface area (TPSA) is 141 Å². The van der Waals surface area contributed by atoms with E-state index in [0.29, 0.717) is 38.4 Å². The van der Waals surface area contributed by atoms with Crippen LogP contribution < -0.4 is 16.0 Å². The smallest absolute Gasteiger partial charge is 0.329 e. The van der Waals surface area contributed by atoms with Gasteiger partial charge in [-0.25, -0.2) is 14.8 Å². The molecule has 1 aliphatic heterocycles. The van der Waals surface area contributed by atoms with E-state index in [-0.39, 0.29) is 12.6 Å². The number of rotatable bonds is 12. The molecule has 0 spiro atoms. The van der Waals surface area contributed by atoms with Crippen LogP contribution in [0.1, 0.15) is 51.0 Å². The van der Waals surface area contributed by atoms with Crippen LogP contribution in [0.4, 0.5) is 11.6 Å². The van der Waals surface area contributed by atoms with Crippen molar-refractivity contribution in [3.63, 3.8) is 0 Å². The van der Waals surface area contributed by atoms with Crippen molar-refractivity contribution in [1.29, 1.82) is 5.26 Å². The number of carboxylic acids is 1. The average Bonchev–Trinajstić information content (AvgIpc) is 2.94. The molecule has 2 fully saturated rings. The second kappa shape index (κ2) is 13.7. The van der Waals surface area contributed by atoms with Crippen LogP contribution in [0.25, 0.3) is 11.3 Å². The third kappa shape index (κ3) is 8.36. The molecule has 0 bridgehead atoms. The molecule has 1 saturated heterocycles. The Balaban J connectivity index is 1.31. The molecule has 39 heavy (non-hydrogen) atoms. The number of ether oxygens (including phenoxy) is 2. The molecule has 0 unspecified atom stereocenters. The molecule has 0 aromatic carbocycles. The third-order valence-electron chi connectivity index (χ3n) is 7.62. The van der Waals surface area contributed by atoms with Gasteiger partial charge in [0, 0.05) is 49.6 Å². The molecular formula is C29H40N6O4. The SMILES string of the molecule is Cc1cnc(NC2CCC(N[C@H](C)COCC(=O)O)CC2)cc1-c1cccc(NCC2(C#N)CCOCC2)n1. The predicted molar refractivity (Wildman–Crippen MR) is 150 cm³/mol. The van der Waals surface area contributed by atoms with Crippen molar-refractivity contribution in [2.75, 3.05) is 43.6 Å². The van der Waals surface area contributed by atoms with Crippen LogP contribution in [0.15, 0.2) is 30.5 Å². The number of nitrogens with zero attached hydrogens (tertiary/aromatic N) is 3. The Bertz CT molecular complexity index is 1140. The maximum Gasteiger partial charge on any atom is 0.329 e. The standard InChI is InChI=1S/C29H40N6O4/c1-20-15-31-27(34-23-8-6-22(7-9-23)33-21(2)16-39-17-28(36)37)14-24(20)25-4-3-5-26(35-25)32-19-29(18-30)10-12-38-13-11-29/h3-5,14-15,21-23,33H,6-13,16-17,19H2,1-2H3,(H,31,34)(H,32,35)(H,36,37)/t21-,22?,23?/m1/s1. The zero-order chi connectivity index (χ0) is 27.7. The quantitative estimate of drug-likeness (QED) is 0.315. The number of carbonyl (C=O) groups is 1. The van der Waals surface area contributed by atoms with Gasteiger partial charge in [0.25, 0.3) is 0 Å². The van der Waals surface area contributed by atoms with Crippen molar-refractivity contribution in [1.82, 2.24) is 15.3 Å². The summed E-state index contributed by atoms with van der Waals surface area (Å²) in [4.78, 5) is 20.1. The zero-order valence-corrected chi connectivity index (χ0v) is 22.9. The first-order valence-corrected chi connectivity index (χ1v) is 13.8. The molecule has 4 N–H and O–H groups in total. The minimum absolute atomic E-state index is 0.111. The summed E-state index contributed by atoms with van der Waals surface area (Å²) < 4.78 is 10.6. The second-order valence-electron chi connectivity index (χ2n) is 10.8. The number of aromatic nitrogens is 2. The molecule has 0 radical (unpaired) electrons. The first-order chi connectivity index (χ1) is 18.9. The summed E-state index contributed by atoms with van der Waals surface area (Å²) in [6.07, 6.45) is 7.46. The van der Waals surface area contributed by atoms with E-state index in [1.54, 1.807) is 0 Å². The lowest BCUT2D eigenvalue weighted by molar-refractivity contribution is -0.142. The molecule has 2 aromatic rings. The summed E-state index contributed by atoms with van der Waals surface area (Å²) in [5, 5.41) is 29.0. The van der Waals surface area contributed by atoms with Gasteiger partial charge in [0.2, 0.25) is 0 Å². The van der Waals surface area contributed by atoms with Crippen LogP contribution in [0.5, 0.6) is 0 Å². The average molecular weight is 537 g/mol. The van der Waals surface area contributed by atoms with Gasteiger partial charge in [-0.3, -0.25) is 0 Å². The Morgan fingerprint density at radius 1 is 1.23 bits per heavy atom. The monoisotopic (exact) mass is 536 g/mol. The number of nitriles is 1. The van der Waals surface area contributed by atoms with Crippen LogP contribution in [-0.4, -0.2) is 72.1 Å². The van der Waals surface area contributed by atoms with E-state index in [1.807, 2.05) is 38.2 Å². The van der Waals surface area contributed by atoms with E-state index in [9.17, 15) is 10.1 Å². The fourth-order valence-corrected chi connectivity index (χ4v) is 5.30. The highest BCUT2D eigenvalue weighted by Gasteiger charge is 2.32. The van der Waals surface area contributed by atoms with Crippen molar-refractivity contribution < 1.29 is 19.4 Å². The molecule has 1 aliphatic carbocycles. The van der Waals surface area contributed by atoms with Crippen LogP contribution in [-0.2, 0) is 14.3 Å². The molecule has 3 heterocycles. The summed E-state index contributed by atoms with van der Waals surface area (Å²) in [5.41, 5.74) is 2.53. The molecular weight excluding hydrogens is 496 g/mol. The fraction of sp³-hybridized carbons (Fsp3) is 0.586. The Morgan fingerprint density at radius 2 is 1.97 bits per heavy atom. The maximum absolute atomic E-state index is 10.6. The lowest BCUT2D eigenvalue weighted by atomic mass is 9.82. The van der Waals surface area contributed by atoms with E-state index in [0.717, 1.165) is 67.0 Å². The van der Waals surface area contributed by atoms with Crippen molar-refractivity contribution in [3.8, 4) is 17.3 Å². The molecule has 10 heteroatoms. The van der Waals surface area contributed by atoms with Gasteiger partial charge in [-0.05, 0) is 76.1 Å². The maximum atomic E-state index is 10.6. The van der Waals surface area contributed by atoms with Gasteiger partial charge in [0.1, 0.15) is 18.2 Å². The highest BCUT2D eigenvalue weighted by Crippen LogP contribution is 2.31. The number of nitrogens with one attached hydrogen (secondary N) is 3. The van der Waals surface area contributed by atoms with Gasteiger partial charge < -0.3 is 30.5 Å². The van der Waals surface area contributed by atoms with E-state index in [2.05, 4.69) is 33.1 Å². The predicted octanol–water partition coefficient (Wildman–Crippen LogP) is 3.99. The van der Waals surface area contributed by atoms with Crippen LogP contribution in [0.2, 0.25) is 0 Å². The third-order valence-corrected chi connectivity index (χ3v) is 7.62. The number of anilines is 2. The molecule has 1 saturated carbocycles. The highest BCUT2D eigenvalue weighted by molar-refractivity contribution is 5.68. The summed E-state index contributed by atoms with van der Waals surface area (Å²) in [5.74, 6) is 0.655. The first kappa shape index (κ1) is 28.7. The number of carboxylic acid groups (broad SMARTS) is 1. The normalized spacial score (nSPS) is 21.5. The van der Waals surface area contributed by atoms with Crippen molar-refractivity contribution >= 4 is 17.6 Å². The first-order valence-electron chi connectivity index (χ1n) is 13.8. The second-order valence-corrected chi connectivity index (χ2v) is 10.8. The van der Waals surface area contributed by atoms with E-state index in [1.165, 1.54) is 0 Å². The number of hydrogen-bond donors (Lipinski definition) is 4. The number of aryl methyl sites for hydroxylation is 1. The Kier molecular flexibility index (Phi) is 10.1. The van der Waals surface area contributed by atoms with Gasteiger partial charge in [-0.1, -0.05) is 6.07 Å². The van der Waals surface area contributed by atoms with E-state index >= 15 is 0 Å². The minimum atomic E-state index is -0.944. The number of aliphatic carboxylic acids is 1. The Labute approximate surface area is 230 Å². The summed E-state index contributed by atoms with van der Waals surface area (Å²) in [6.45, 7) is 5.98. The summed E-state index contributed by atoms with van der Waals surface area (Å²) in [6, 6.07) is 11.3. The molecule has 10 nitrogen and oxygen atoms in total. The lowest BCUT2D eigenvalue weighted by Crippen LogP contribution is -2.43. The fourth-order valence-electron chi connectivity index (χ4n) is 5.30. The molecule has 0 amide bonds. The van der Waals surface area contributed by atoms with Gasteiger partial charge in [-0.2, -0.15) is 5.26 Å². The zero-order valence-electron chi connectivity index (χ0n) is 22.9. The van der Waals surface area contributed by atoms with Crippen molar-refractivity contribution in [3.05, 3.63) is 36.0 Å². The minimum Gasteiger partial charge on any atom is -0.480 e. The van der Waals surface area contributed by atoms with Gasteiger partial charge in [0.05, 0.1) is 23.8 Å². The molecule has 1 atom stereocenters. The largest absolute Gasteiger partial charge is 0.480 e. The molecule has 2 aromatic heterocycles. The van der Waals surface area contributed by atoms with Gasteiger partial charge in [-0.15, -0.1) is 0 Å². The van der Waals surface area contributed by atoms with Crippen LogP contribution >= 0.6 is 0 Å². The molecule has 2 aliphatic rings. The lowest BCUT2D eigenvalue weighted by Gasteiger charge is -2.32. The van der Waals surface area contributed by atoms with Crippen molar-refractivity contribution in [2.45, 2.75) is 70.5 Å². The van der Waals surface area contributed by atoms with E-state index in [4.69, 9.17) is 19.6 Å². The highest BCUT2D eigenvalue weighted by atomic mass is 16.5.